The highest BCUT2D eigenvalue weighted by molar-refractivity contribution is 7.78. The van der Waals surface area contributed by atoms with Crippen LogP contribution in [0.15, 0.2) is 29.3 Å². The summed E-state index contributed by atoms with van der Waals surface area (Å²) >= 11 is 4.56. The van der Waals surface area contributed by atoms with E-state index in [0.29, 0.717) is 11.3 Å². The number of aliphatic imine (C=N–C) groups is 1. The monoisotopic (exact) mass is 483 g/mol. The lowest BCUT2D eigenvalue weighted by Crippen LogP contribution is -2.62. The predicted molar refractivity (Wildman–Crippen MR) is 120 cm³/mol. The number of thiocarbonyl (C=S) groups is 1. The molecule has 0 spiro atoms. The maximum atomic E-state index is 11.6. The molecule has 13 heteroatoms. The van der Waals surface area contributed by atoms with Crippen LogP contribution in [0, 0.1) is 0 Å². The van der Waals surface area contributed by atoms with Gasteiger partial charge in [0.1, 0.15) is 0 Å². The second-order valence-electron chi connectivity index (χ2n) is 7.56. The van der Waals surface area contributed by atoms with Crippen LogP contribution in [0.4, 0.5) is 5.69 Å². The molecule has 0 amide bonds. The van der Waals surface area contributed by atoms with E-state index in [1.165, 1.54) is 4.90 Å². The Balaban J connectivity index is 3.45. The molecule has 0 saturated carbocycles. The van der Waals surface area contributed by atoms with Crippen molar-refractivity contribution in [3.63, 3.8) is 0 Å². The van der Waals surface area contributed by atoms with Crippen molar-refractivity contribution in [2.45, 2.75) is 12.5 Å². The first-order valence-electron chi connectivity index (χ1n) is 9.83. The Bertz CT molecular complexity index is 870. The third-order valence-electron chi connectivity index (χ3n) is 4.92. The van der Waals surface area contributed by atoms with Crippen molar-refractivity contribution in [1.29, 1.82) is 0 Å². The molecule has 1 aromatic rings. The fraction of sp³-hybridized carbons (Fsp3) is 0.450. The Labute approximate surface area is 195 Å². The van der Waals surface area contributed by atoms with Crippen LogP contribution < -0.4 is 5.73 Å². The second-order valence-corrected chi connectivity index (χ2v) is 7.74. The van der Waals surface area contributed by atoms with Crippen LogP contribution >= 0.6 is 12.2 Å². The van der Waals surface area contributed by atoms with Gasteiger partial charge in [-0.1, -0.05) is 12.1 Å². The first-order valence-corrected chi connectivity index (χ1v) is 10.2. The van der Waals surface area contributed by atoms with Gasteiger partial charge in [0, 0.05) is 6.54 Å². The molecule has 1 atom stereocenters. The van der Waals surface area contributed by atoms with E-state index >= 15 is 0 Å². The third kappa shape index (κ3) is 10.3. The standard InChI is InChI=1S/C20H26N4O8S/c21-5-6-24(11-19(29)30,12-20(31)32)10-16(23(8-17(25)26)9-18(27)28)7-14-1-3-15(4-2-14)22-13-33/h1-4,16H,5-12,21H2,(H3-,25,26,27,28,29,30,31,32)/p+1. The number of isothiocyanates is 1. The molecule has 0 heterocycles. The van der Waals surface area contributed by atoms with E-state index in [-0.39, 0.29) is 26.1 Å². The van der Waals surface area contributed by atoms with E-state index in [0.717, 1.165) is 0 Å². The van der Waals surface area contributed by atoms with Crippen molar-refractivity contribution < 1.29 is 44.1 Å². The zero-order valence-corrected chi connectivity index (χ0v) is 18.6. The van der Waals surface area contributed by atoms with E-state index in [2.05, 4.69) is 22.4 Å². The molecule has 0 aliphatic rings. The summed E-state index contributed by atoms with van der Waals surface area (Å²) in [6, 6.07) is 5.83. The van der Waals surface area contributed by atoms with Gasteiger partial charge in [-0.2, -0.15) is 4.99 Å². The smallest absolute Gasteiger partial charge is 0.359 e. The van der Waals surface area contributed by atoms with Gasteiger partial charge in [0.05, 0.1) is 43.1 Å². The molecule has 12 nitrogen and oxygen atoms in total. The molecule has 33 heavy (non-hydrogen) atoms. The van der Waals surface area contributed by atoms with Crippen LogP contribution in [-0.4, -0.2) is 111 Å². The first kappa shape index (κ1) is 27.8. The number of carboxylic acids is 4. The van der Waals surface area contributed by atoms with Gasteiger partial charge < -0.3 is 30.6 Å². The topological polar surface area (TPSA) is 191 Å². The van der Waals surface area contributed by atoms with Crippen molar-refractivity contribution in [3.8, 4) is 0 Å². The van der Waals surface area contributed by atoms with Gasteiger partial charge in [0.15, 0.2) is 13.1 Å². The number of hydrogen-bond acceptors (Lipinski definition) is 8. The number of carbonyl (C=O) groups is 4. The van der Waals surface area contributed by atoms with Crippen LogP contribution in [0.2, 0.25) is 0 Å². The molecular formula is C20H27N4O8S+. The summed E-state index contributed by atoms with van der Waals surface area (Å²) in [5.41, 5.74) is 6.86. The Morgan fingerprint density at radius 1 is 0.970 bits per heavy atom. The van der Waals surface area contributed by atoms with Crippen molar-refractivity contribution in [1.82, 2.24) is 4.90 Å². The van der Waals surface area contributed by atoms with E-state index in [1.54, 1.807) is 24.3 Å². The summed E-state index contributed by atoms with van der Waals surface area (Å²) in [5.74, 6) is -5.07. The highest BCUT2D eigenvalue weighted by Crippen LogP contribution is 2.19. The van der Waals surface area contributed by atoms with Crippen LogP contribution in [0.3, 0.4) is 0 Å². The summed E-state index contributed by atoms with van der Waals surface area (Å²) in [6.45, 7) is -2.58. The van der Waals surface area contributed by atoms with E-state index < -0.39 is 60.6 Å². The van der Waals surface area contributed by atoms with Gasteiger partial charge in [-0.05, 0) is 36.3 Å². The molecule has 0 aliphatic heterocycles. The normalized spacial score (nSPS) is 12.1. The van der Waals surface area contributed by atoms with Crippen molar-refractivity contribution in [2.24, 2.45) is 10.7 Å². The number of benzene rings is 1. The lowest BCUT2D eigenvalue weighted by Gasteiger charge is -2.41. The SMILES string of the molecule is NCC[N+](CC(=O)O)(CC(=O)O)CC(Cc1ccc(N=C=S)cc1)N(CC(=O)O)CC(=O)O. The van der Waals surface area contributed by atoms with E-state index in [9.17, 15) is 39.6 Å². The van der Waals surface area contributed by atoms with Gasteiger partial charge >= 0.3 is 23.9 Å². The lowest BCUT2D eigenvalue weighted by molar-refractivity contribution is -0.915. The third-order valence-corrected chi connectivity index (χ3v) is 5.01. The Kier molecular flexibility index (Phi) is 11.3. The van der Waals surface area contributed by atoms with Gasteiger partial charge in [-0.15, -0.1) is 0 Å². The zero-order chi connectivity index (χ0) is 25.0. The Morgan fingerprint density at radius 2 is 1.48 bits per heavy atom. The molecule has 1 aromatic carbocycles. The number of nitrogens with two attached hydrogens (primary N) is 1. The predicted octanol–water partition coefficient (Wildman–Crippen LogP) is -0.252. The fourth-order valence-electron chi connectivity index (χ4n) is 3.73. The average molecular weight is 484 g/mol. The zero-order valence-electron chi connectivity index (χ0n) is 17.8. The second kappa shape index (κ2) is 13.4. The number of carboxylic acid groups (broad SMARTS) is 4. The highest BCUT2D eigenvalue weighted by atomic mass is 32.1. The lowest BCUT2D eigenvalue weighted by atomic mass is 10.0. The minimum Gasteiger partial charge on any atom is -0.480 e. The summed E-state index contributed by atoms with van der Waals surface area (Å²) in [7, 11) is 0. The van der Waals surface area contributed by atoms with E-state index in [1.807, 2.05) is 0 Å². The molecule has 0 saturated heterocycles. The summed E-state index contributed by atoms with van der Waals surface area (Å²) in [6.07, 6.45) is 0.131. The maximum Gasteiger partial charge on any atom is 0.359 e. The summed E-state index contributed by atoms with van der Waals surface area (Å²) in [4.78, 5) is 51.0. The largest absolute Gasteiger partial charge is 0.480 e. The van der Waals surface area contributed by atoms with Crippen molar-refractivity contribution in [2.75, 3.05) is 45.8 Å². The highest BCUT2D eigenvalue weighted by Gasteiger charge is 2.38. The number of hydrogen-bond donors (Lipinski definition) is 5. The quantitative estimate of drug-likeness (QED) is 0.118. The molecular weight excluding hydrogens is 456 g/mol. The molecule has 180 valence electrons. The molecule has 0 fully saturated rings. The molecule has 1 rings (SSSR count). The number of aliphatic carboxylic acids is 4. The minimum atomic E-state index is -1.28. The Morgan fingerprint density at radius 3 is 1.88 bits per heavy atom. The van der Waals surface area contributed by atoms with E-state index in [4.69, 9.17) is 5.73 Å². The fourth-order valence-corrected chi connectivity index (χ4v) is 3.84. The summed E-state index contributed by atoms with van der Waals surface area (Å²) in [5, 5.41) is 39.7. The Hall–Kier alpha value is -3.22. The van der Waals surface area contributed by atoms with Crippen LogP contribution in [0.5, 0.6) is 0 Å². The maximum absolute atomic E-state index is 11.6. The van der Waals surface area contributed by atoms with Gasteiger partial charge in [0.25, 0.3) is 0 Å². The molecule has 1 unspecified atom stereocenters. The molecule has 0 bridgehead atoms. The summed E-state index contributed by atoms with van der Waals surface area (Å²) < 4.78 is -0.477. The molecule has 0 radical (unpaired) electrons. The minimum absolute atomic E-state index is 0.00853. The molecule has 6 N–H and O–H groups in total. The number of quaternary nitrogens is 1. The molecule has 0 aliphatic carbocycles. The average Bonchev–Trinajstić information content (AvgIpc) is 2.67. The van der Waals surface area contributed by atoms with Gasteiger partial charge in [0.2, 0.25) is 0 Å². The van der Waals surface area contributed by atoms with Gasteiger partial charge in [-0.3, -0.25) is 14.5 Å². The number of rotatable bonds is 16. The van der Waals surface area contributed by atoms with Gasteiger partial charge in [-0.25, -0.2) is 9.59 Å². The van der Waals surface area contributed by atoms with Crippen molar-refractivity contribution >= 4 is 46.9 Å². The van der Waals surface area contributed by atoms with Crippen LogP contribution in [-0.2, 0) is 25.6 Å². The van der Waals surface area contributed by atoms with Crippen LogP contribution in [0.1, 0.15) is 5.56 Å². The first-order chi connectivity index (χ1) is 15.5. The van der Waals surface area contributed by atoms with Crippen LogP contribution in [0.25, 0.3) is 0 Å². The molecule has 0 aromatic heterocycles. The number of nitrogens with zero attached hydrogens (tertiary/aromatic N) is 3. The van der Waals surface area contributed by atoms with Crippen molar-refractivity contribution in [3.05, 3.63) is 29.8 Å².